The van der Waals surface area contributed by atoms with Gasteiger partial charge in [-0.3, -0.25) is 13.9 Å². The molecule has 3 aromatic rings. The third kappa shape index (κ3) is 8.31. The molecule has 0 spiro atoms. The molecule has 45 heavy (non-hydrogen) atoms. The standard InChI is InChI=1S/C32H40ClN3O8S/c1-8-21(2)34-32(38)22(3)35(19-23-11-9-10-12-26(23)33)31(37)20-36(27-17-24(41-4)13-15-28(27)42-5)45(39,40)25-14-16-29(43-6)30(18-25)44-7/h9-18,21-22H,8,19-20H2,1-7H3,(H,34,38). The zero-order chi connectivity index (χ0) is 33.3. The summed E-state index contributed by atoms with van der Waals surface area (Å²) < 4.78 is 51.2. The van der Waals surface area contributed by atoms with Crippen LogP contribution in [0.3, 0.4) is 0 Å². The molecular weight excluding hydrogens is 622 g/mol. The second kappa shape index (κ2) is 15.7. The fourth-order valence-electron chi connectivity index (χ4n) is 4.47. The lowest BCUT2D eigenvalue weighted by atomic mass is 10.1. The van der Waals surface area contributed by atoms with E-state index in [2.05, 4.69) is 5.32 Å². The predicted octanol–water partition coefficient (Wildman–Crippen LogP) is 4.90. The van der Waals surface area contributed by atoms with Crippen LogP contribution in [0.1, 0.15) is 32.8 Å². The van der Waals surface area contributed by atoms with Crippen LogP contribution in [-0.4, -0.2) is 72.2 Å². The number of rotatable bonds is 15. The van der Waals surface area contributed by atoms with Gasteiger partial charge < -0.3 is 29.2 Å². The van der Waals surface area contributed by atoms with E-state index in [0.717, 1.165) is 4.31 Å². The van der Waals surface area contributed by atoms with Crippen molar-refractivity contribution in [1.29, 1.82) is 0 Å². The van der Waals surface area contributed by atoms with Crippen LogP contribution in [0.15, 0.2) is 65.6 Å². The number of benzene rings is 3. The minimum Gasteiger partial charge on any atom is -0.497 e. The lowest BCUT2D eigenvalue weighted by Gasteiger charge is -2.33. The third-order valence-electron chi connectivity index (χ3n) is 7.34. The number of nitrogens with one attached hydrogen (secondary N) is 1. The van der Waals surface area contributed by atoms with E-state index in [1.54, 1.807) is 43.3 Å². The summed E-state index contributed by atoms with van der Waals surface area (Å²) in [5.74, 6) is -0.0373. The summed E-state index contributed by atoms with van der Waals surface area (Å²) >= 11 is 6.45. The number of carbonyl (C=O) groups is 2. The molecule has 0 aliphatic rings. The number of nitrogens with zero attached hydrogens (tertiary/aromatic N) is 2. The van der Waals surface area contributed by atoms with Gasteiger partial charge in [-0.25, -0.2) is 8.42 Å². The van der Waals surface area contributed by atoms with Gasteiger partial charge in [0.2, 0.25) is 11.8 Å². The van der Waals surface area contributed by atoms with Gasteiger partial charge in [-0.05, 0) is 56.2 Å². The molecule has 0 saturated carbocycles. The average molecular weight is 662 g/mol. The first-order valence-electron chi connectivity index (χ1n) is 14.2. The molecule has 1 N–H and O–H groups in total. The Labute approximate surface area is 270 Å². The predicted molar refractivity (Wildman–Crippen MR) is 173 cm³/mol. The Morgan fingerprint density at radius 2 is 1.51 bits per heavy atom. The number of hydrogen-bond acceptors (Lipinski definition) is 8. The van der Waals surface area contributed by atoms with Gasteiger partial charge in [0.15, 0.2) is 11.5 Å². The van der Waals surface area contributed by atoms with Crippen LogP contribution in [0, 0.1) is 0 Å². The summed E-state index contributed by atoms with van der Waals surface area (Å²) in [5.41, 5.74) is 0.637. The van der Waals surface area contributed by atoms with Gasteiger partial charge in [-0.15, -0.1) is 0 Å². The topological polar surface area (TPSA) is 124 Å². The first kappa shape index (κ1) is 35.3. The zero-order valence-corrected chi connectivity index (χ0v) is 28.1. The molecule has 0 aliphatic heterocycles. The summed E-state index contributed by atoms with van der Waals surface area (Å²) in [6, 6.07) is 14.6. The summed E-state index contributed by atoms with van der Waals surface area (Å²) in [7, 11) is 1.19. The van der Waals surface area contributed by atoms with E-state index in [-0.39, 0.29) is 34.7 Å². The molecule has 244 valence electrons. The van der Waals surface area contributed by atoms with Gasteiger partial charge >= 0.3 is 0 Å². The lowest BCUT2D eigenvalue weighted by Crippen LogP contribution is -2.52. The molecule has 13 heteroatoms. The maximum atomic E-state index is 14.4. The molecule has 11 nitrogen and oxygen atoms in total. The number of amides is 2. The molecule has 0 bridgehead atoms. The molecule has 3 aromatic carbocycles. The van der Waals surface area contributed by atoms with E-state index in [1.807, 2.05) is 13.8 Å². The average Bonchev–Trinajstić information content (AvgIpc) is 3.05. The number of anilines is 1. The monoisotopic (exact) mass is 661 g/mol. The Balaban J connectivity index is 2.18. The van der Waals surface area contributed by atoms with Crippen molar-refractivity contribution in [1.82, 2.24) is 10.2 Å². The maximum absolute atomic E-state index is 14.4. The largest absolute Gasteiger partial charge is 0.497 e. The van der Waals surface area contributed by atoms with Gasteiger partial charge in [-0.1, -0.05) is 36.7 Å². The van der Waals surface area contributed by atoms with Gasteiger partial charge in [0, 0.05) is 29.7 Å². The van der Waals surface area contributed by atoms with Crippen LogP contribution in [0.5, 0.6) is 23.0 Å². The molecule has 0 radical (unpaired) electrons. The minimum atomic E-state index is -4.46. The van der Waals surface area contributed by atoms with Crippen molar-refractivity contribution in [3.8, 4) is 23.0 Å². The van der Waals surface area contributed by atoms with Crippen molar-refractivity contribution in [2.75, 3.05) is 39.3 Å². The molecule has 2 unspecified atom stereocenters. The Bertz CT molecular complexity index is 1600. The second-order valence-corrected chi connectivity index (χ2v) is 12.4. The quantitative estimate of drug-likeness (QED) is 0.244. The van der Waals surface area contributed by atoms with Gasteiger partial charge in [0.25, 0.3) is 10.0 Å². The molecule has 3 rings (SSSR count). The van der Waals surface area contributed by atoms with Crippen LogP contribution >= 0.6 is 11.6 Å². The van der Waals surface area contributed by atoms with Crippen molar-refractivity contribution in [3.63, 3.8) is 0 Å². The highest BCUT2D eigenvalue weighted by Gasteiger charge is 2.35. The minimum absolute atomic E-state index is 0.0485. The first-order chi connectivity index (χ1) is 21.4. The number of methoxy groups -OCH3 is 4. The van der Waals surface area contributed by atoms with Crippen LogP contribution < -0.4 is 28.6 Å². The molecular formula is C32H40ClN3O8S. The van der Waals surface area contributed by atoms with Crippen LogP contribution in [-0.2, 0) is 26.2 Å². The van der Waals surface area contributed by atoms with Crippen molar-refractivity contribution < 1.29 is 37.0 Å². The Morgan fingerprint density at radius 3 is 2.11 bits per heavy atom. The lowest BCUT2D eigenvalue weighted by molar-refractivity contribution is -0.139. The molecule has 2 amide bonds. The van der Waals surface area contributed by atoms with E-state index < -0.39 is 34.4 Å². The number of carbonyl (C=O) groups excluding carboxylic acids is 2. The maximum Gasteiger partial charge on any atom is 0.265 e. The molecule has 0 fully saturated rings. The number of ether oxygens (including phenoxy) is 4. The van der Waals surface area contributed by atoms with E-state index in [9.17, 15) is 18.0 Å². The smallest absolute Gasteiger partial charge is 0.265 e. The zero-order valence-electron chi connectivity index (χ0n) is 26.5. The van der Waals surface area contributed by atoms with Crippen molar-refractivity contribution >= 4 is 39.1 Å². The van der Waals surface area contributed by atoms with Crippen LogP contribution in [0.4, 0.5) is 5.69 Å². The fourth-order valence-corrected chi connectivity index (χ4v) is 6.10. The molecule has 0 heterocycles. The highest BCUT2D eigenvalue weighted by atomic mass is 35.5. The van der Waals surface area contributed by atoms with Crippen molar-refractivity contribution in [2.45, 2.75) is 50.7 Å². The summed E-state index contributed by atoms with van der Waals surface area (Å²) in [5, 5.41) is 3.30. The van der Waals surface area contributed by atoms with Crippen LogP contribution in [0.25, 0.3) is 0 Å². The molecule has 2 atom stereocenters. The summed E-state index contributed by atoms with van der Waals surface area (Å²) in [6.45, 7) is 4.64. The van der Waals surface area contributed by atoms with E-state index in [1.165, 1.54) is 57.6 Å². The number of hydrogen-bond donors (Lipinski definition) is 1. The molecule has 0 saturated heterocycles. The fraction of sp³-hybridized carbons (Fsp3) is 0.375. The van der Waals surface area contributed by atoms with Gasteiger partial charge in [-0.2, -0.15) is 0 Å². The van der Waals surface area contributed by atoms with Crippen molar-refractivity contribution in [2.24, 2.45) is 0 Å². The number of halogens is 1. The Morgan fingerprint density at radius 1 is 0.867 bits per heavy atom. The molecule has 0 aliphatic carbocycles. The second-order valence-electron chi connectivity index (χ2n) is 10.2. The highest BCUT2D eigenvalue weighted by Crippen LogP contribution is 2.38. The highest BCUT2D eigenvalue weighted by molar-refractivity contribution is 7.92. The normalized spacial score (nSPS) is 12.4. The first-order valence-corrected chi connectivity index (χ1v) is 16.0. The summed E-state index contributed by atoms with van der Waals surface area (Å²) in [6.07, 6.45) is 0.684. The third-order valence-corrected chi connectivity index (χ3v) is 9.47. The van der Waals surface area contributed by atoms with E-state index in [4.69, 9.17) is 30.5 Å². The van der Waals surface area contributed by atoms with Gasteiger partial charge in [0.05, 0.1) is 39.0 Å². The van der Waals surface area contributed by atoms with Crippen LogP contribution in [0.2, 0.25) is 5.02 Å². The van der Waals surface area contributed by atoms with E-state index in [0.29, 0.717) is 28.5 Å². The SMILES string of the molecule is CCC(C)NC(=O)C(C)N(Cc1ccccc1Cl)C(=O)CN(c1cc(OC)ccc1OC)S(=O)(=O)c1ccc(OC)c(OC)c1. The van der Waals surface area contributed by atoms with E-state index >= 15 is 0 Å². The van der Waals surface area contributed by atoms with Crippen molar-refractivity contribution in [3.05, 3.63) is 71.2 Å². The molecule has 0 aromatic heterocycles. The van der Waals surface area contributed by atoms with Gasteiger partial charge in [0.1, 0.15) is 24.1 Å². The number of sulfonamides is 1. The Kier molecular flexibility index (Phi) is 12.3. The Hall–Kier alpha value is -4.16. The summed E-state index contributed by atoms with van der Waals surface area (Å²) in [4.78, 5) is 28.7.